The SMILES string of the molecule is CC/C=C\[C@H]1CCC/C1=C\[Si](C)(C)C. The van der Waals surface area contributed by atoms with E-state index in [0.29, 0.717) is 0 Å². The molecular formula is C13H24Si. The molecule has 1 atom stereocenters. The van der Waals surface area contributed by atoms with Gasteiger partial charge in [-0.25, -0.2) is 0 Å². The van der Waals surface area contributed by atoms with Crippen molar-refractivity contribution in [2.75, 3.05) is 0 Å². The zero-order valence-corrected chi connectivity index (χ0v) is 11.1. The van der Waals surface area contributed by atoms with E-state index in [-0.39, 0.29) is 0 Å². The third-order valence-corrected chi connectivity index (χ3v) is 3.92. The van der Waals surface area contributed by atoms with Gasteiger partial charge in [0.2, 0.25) is 0 Å². The van der Waals surface area contributed by atoms with Gasteiger partial charge < -0.3 is 0 Å². The van der Waals surface area contributed by atoms with Gasteiger partial charge in [0, 0.05) is 0 Å². The van der Waals surface area contributed by atoms with E-state index in [1.54, 1.807) is 5.57 Å². The predicted octanol–water partition coefficient (Wildman–Crippen LogP) is 4.56. The first kappa shape index (κ1) is 11.8. The van der Waals surface area contributed by atoms with E-state index in [9.17, 15) is 0 Å². The highest BCUT2D eigenvalue weighted by Crippen LogP contribution is 2.33. The molecule has 80 valence electrons. The predicted molar refractivity (Wildman–Crippen MR) is 68.2 cm³/mol. The van der Waals surface area contributed by atoms with Crippen molar-refractivity contribution >= 4 is 8.07 Å². The molecule has 0 amide bonds. The lowest BCUT2D eigenvalue weighted by Crippen LogP contribution is -2.17. The Morgan fingerprint density at radius 2 is 2.07 bits per heavy atom. The molecule has 0 aromatic rings. The fourth-order valence-electron chi connectivity index (χ4n) is 2.15. The second-order valence-corrected chi connectivity index (χ2v) is 10.4. The van der Waals surface area contributed by atoms with Gasteiger partial charge in [-0.05, 0) is 31.6 Å². The van der Waals surface area contributed by atoms with Gasteiger partial charge in [-0.15, -0.1) is 0 Å². The lowest BCUT2D eigenvalue weighted by molar-refractivity contribution is 0.762. The van der Waals surface area contributed by atoms with Gasteiger partial charge in [-0.2, -0.15) is 0 Å². The molecule has 0 aromatic heterocycles. The average Bonchev–Trinajstić information content (AvgIpc) is 2.45. The summed E-state index contributed by atoms with van der Waals surface area (Å²) in [5.41, 5.74) is 4.35. The molecule has 1 heteroatoms. The molecule has 1 aliphatic rings. The summed E-state index contributed by atoms with van der Waals surface area (Å²) >= 11 is 0. The van der Waals surface area contributed by atoms with E-state index in [4.69, 9.17) is 0 Å². The number of allylic oxidation sites excluding steroid dienone is 3. The highest BCUT2D eigenvalue weighted by molar-refractivity contribution is 6.81. The summed E-state index contributed by atoms with van der Waals surface area (Å²) < 4.78 is 0. The fourth-order valence-corrected chi connectivity index (χ4v) is 3.62. The maximum atomic E-state index is 2.62. The van der Waals surface area contributed by atoms with Crippen LogP contribution in [-0.4, -0.2) is 8.07 Å². The molecule has 14 heavy (non-hydrogen) atoms. The molecule has 0 saturated heterocycles. The minimum atomic E-state index is -0.999. The second-order valence-electron chi connectivity index (χ2n) is 5.42. The van der Waals surface area contributed by atoms with Crippen LogP contribution >= 0.6 is 0 Å². The molecule has 1 saturated carbocycles. The molecule has 0 spiro atoms. The van der Waals surface area contributed by atoms with Gasteiger partial charge in [0.15, 0.2) is 0 Å². The Bertz CT molecular complexity index is 230. The van der Waals surface area contributed by atoms with Crippen molar-refractivity contribution in [3.8, 4) is 0 Å². The standard InChI is InChI=1S/C13H24Si/c1-5-6-8-12-9-7-10-13(12)11-14(2,3)4/h6,8,11-12H,5,7,9-10H2,1-4H3/b8-6-,13-11+/t12-/m0/s1. The molecule has 1 fully saturated rings. The van der Waals surface area contributed by atoms with Gasteiger partial charge >= 0.3 is 0 Å². The molecule has 0 aromatic carbocycles. The van der Waals surface area contributed by atoms with Gasteiger partial charge in [0.25, 0.3) is 0 Å². The lowest BCUT2D eigenvalue weighted by atomic mass is 10.0. The van der Waals surface area contributed by atoms with E-state index in [1.807, 2.05) is 0 Å². The van der Waals surface area contributed by atoms with Crippen LogP contribution in [0.3, 0.4) is 0 Å². The van der Waals surface area contributed by atoms with Crippen molar-refractivity contribution in [3.63, 3.8) is 0 Å². The molecule has 0 heterocycles. The molecular weight excluding hydrogens is 184 g/mol. The number of rotatable bonds is 3. The zero-order chi connectivity index (χ0) is 10.6. The van der Waals surface area contributed by atoms with Gasteiger partial charge in [-0.1, -0.05) is 50.0 Å². The minimum Gasteiger partial charge on any atom is -0.0952 e. The summed E-state index contributed by atoms with van der Waals surface area (Å²) in [5, 5.41) is 0. The second kappa shape index (κ2) is 4.97. The molecule has 1 aliphatic carbocycles. The maximum Gasteiger partial charge on any atom is 0.0686 e. The van der Waals surface area contributed by atoms with Crippen LogP contribution in [0.1, 0.15) is 32.6 Å². The summed E-state index contributed by atoms with van der Waals surface area (Å²) in [5.74, 6) is 0.779. The Kier molecular flexibility index (Phi) is 4.18. The van der Waals surface area contributed by atoms with Crippen LogP contribution in [0.5, 0.6) is 0 Å². The van der Waals surface area contributed by atoms with Crippen molar-refractivity contribution in [3.05, 3.63) is 23.4 Å². The molecule has 0 nitrogen and oxygen atoms in total. The van der Waals surface area contributed by atoms with E-state index in [0.717, 1.165) is 5.92 Å². The highest BCUT2D eigenvalue weighted by Gasteiger charge is 2.21. The Balaban J connectivity index is 2.68. The summed E-state index contributed by atoms with van der Waals surface area (Å²) in [4.78, 5) is 0. The molecule has 0 aliphatic heterocycles. The van der Waals surface area contributed by atoms with Crippen molar-refractivity contribution in [2.24, 2.45) is 5.92 Å². The Morgan fingerprint density at radius 3 is 2.64 bits per heavy atom. The van der Waals surface area contributed by atoms with E-state index in [1.165, 1.54) is 25.7 Å². The van der Waals surface area contributed by atoms with Gasteiger partial charge in [0.05, 0.1) is 8.07 Å². The topological polar surface area (TPSA) is 0 Å². The Morgan fingerprint density at radius 1 is 1.36 bits per heavy atom. The minimum absolute atomic E-state index is 0.779. The van der Waals surface area contributed by atoms with Crippen LogP contribution in [-0.2, 0) is 0 Å². The maximum absolute atomic E-state index is 2.62. The first-order chi connectivity index (χ1) is 6.53. The lowest BCUT2D eigenvalue weighted by Gasteiger charge is -2.14. The van der Waals surface area contributed by atoms with Crippen molar-refractivity contribution in [2.45, 2.75) is 52.2 Å². The van der Waals surface area contributed by atoms with Crippen LogP contribution in [0, 0.1) is 5.92 Å². The van der Waals surface area contributed by atoms with Crippen LogP contribution in [0.15, 0.2) is 23.4 Å². The van der Waals surface area contributed by atoms with Crippen LogP contribution in [0.4, 0.5) is 0 Å². The van der Waals surface area contributed by atoms with Crippen LogP contribution < -0.4 is 0 Å². The summed E-state index contributed by atoms with van der Waals surface area (Å²) in [7, 11) is -0.999. The van der Waals surface area contributed by atoms with E-state index >= 15 is 0 Å². The first-order valence-corrected chi connectivity index (χ1v) is 9.49. The third kappa shape index (κ3) is 3.83. The molecule has 0 bridgehead atoms. The van der Waals surface area contributed by atoms with E-state index < -0.39 is 8.07 Å². The smallest absolute Gasteiger partial charge is 0.0686 e. The molecule has 0 radical (unpaired) electrons. The van der Waals surface area contributed by atoms with Crippen molar-refractivity contribution in [1.29, 1.82) is 0 Å². The summed E-state index contributed by atoms with van der Waals surface area (Å²) in [6, 6.07) is 0. The monoisotopic (exact) mass is 208 g/mol. The summed E-state index contributed by atoms with van der Waals surface area (Å²) in [6.07, 6.45) is 10.1. The number of hydrogen-bond acceptors (Lipinski definition) is 0. The quantitative estimate of drug-likeness (QED) is 0.471. The molecule has 0 N–H and O–H groups in total. The Labute approximate surface area is 90.1 Å². The highest BCUT2D eigenvalue weighted by atomic mass is 28.3. The Hall–Kier alpha value is -0.303. The largest absolute Gasteiger partial charge is 0.0952 e. The molecule has 0 unspecified atom stereocenters. The number of hydrogen-bond donors (Lipinski definition) is 0. The zero-order valence-electron chi connectivity index (χ0n) is 10.1. The van der Waals surface area contributed by atoms with Gasteiger partial charge in [-0.3, -0.25) is 0 Å². The normalized spacial score (nSPS) is 26.6. The summed E-state index contributed by atoms with van der Waals surface area (Å²) in [6.45, 7) is 9.50. The fraction of sp³-hybridized carbons (Fsp3) is 0.692. The van der Waals surface area contributed by atoms with E-state index in [2.05, 4.69) is 44.4 Å². The van der Waals surface area contributed by atoms with Crippen LogP contribution in [0.25, 0.3) is 0 Å². The van der Waals surface area contributed by atoms with Crippen molar-refractivity contribution in [1.82, 2.24) is 0 Å². The third-order valence-electron chi connectivity index (χ3n) is 2.68. The first-order valence-electron chi connectivity index (χ1n) is 5.91. The van der Waals surface area contributed by atoms with Crippen LogP contribution in [0.2, 0.25) is 19.6 Å². The molecule has 1 rings (SSSR count). The van der Waals surface area contributed by atoms with Crippen molar-refractivity contribution < 1.29 is 0 Å². The van der Waals surface area contributed by atoms with Gasteiger partial charge in [0.1, 0.15) is 0 Å². The average molecular weight is 208 g/mol.